The molecule has 22 heavy (non-hydrogen) atoms. The molecule has 0 heterocycles. The van der Waals surface area contributed by atoms with Crippen molar-refractivity contribution in [3.8, 4) is 0 Å². The van der Waals surface area contributed by atoms with Crippen molar-refractivity contribution >= 4 is 0 Å². The van der Waals surface area contributed by atoms with Crippen LogP contribution in [0, 0.1) is 0 Å². The highest BCUT2D eigenvalue weighted by molar-refractivity contribution is 5.41. The molecule has 0 fully saturated rings. The first-order chi connectivity index (χ1) is 10.6. The minimum Gasteiger partial charge on any atom is -0.367 e. The van der Waals surface area contributed by atoms with Crippen LogP contribution in [0.3, 0.4) is 0 Å². The second-order valence-corrected chi connectivity index (χ2v) is 5.86. The van der Waals surface area contributed by atoms with Crippen LogP contribution in [0.2, 0.25) is 0 Å². The average molecular weight is 295 g/mol. The Balaban J connectivity index is 2.65. The third-order valence-electron chi connectivity index (χ3n) is 4.34. The molecule has 1 atom stereocenters. The molecular formula is C20H25NO. The Morgan fingerprint density at radius 2 is 1.45 bits per heavy atom. The highest BCUT2D eigenvalue weighted by atomic mass is 16.5. The number of hydrogen-bond acceptors (Lipinski definition) is 2. The zero-order chi connectivity index (χ0) is 16.1. The Morgan fingerprint density at radius 3 is 1.82 bits per heavy atom. The summed E-state index contributed by atoms with van der Waals surface area (Å²) in [5.74, 6) is 0. The highest BCUT2D eigenvalue weighted by Crippen LogP contribution is 2.43. The molecule has 2 rings (SSSR count). The van der Waals surface area contributed by atoms with Crippen molar-refractivity contribution in [3.05, 3.63) is 84.4 Å². The van der Waals surface area contributed by atoms with Crippen molar-refractivity contribution in [2.24, 2.45) is 5.73 Å². The van der Waals surface area contributed by atoms with Gasteiger partial charge in [0.25, 0.3) is 0 Å². The Kier molecular flexibility index (Phi) is 5.17. The van der Waals surface area contributed by atoms with E-state index in [1.165, 1.54) is 0 Å². The van der Waals surface area contributed by atoms with E-state index in [9.17, 15) is 0 Å². The molecule has 0 aromatic heterocycles. The van der Waals surface area contributed by atoms with Crippen molar-refractivity contribution in [1.29, 1.82) is 0 Å². The predicted octanol–water partition coefficient (Wildman–Crippen LogP) is 4.26. The summed E-state index contributed by atoms with van der Waals surface area (Å²) in [4.78, 5) is 0. The molecule has 2 aromatic carbocycles. The normalized spacial score (nSPS) is 14.3. The molecule has 0 aliphatic rings. The van der Waals surface area contributed by atoms with E-state index in [0.717, 1.165) is 24.0 Å². The van der Waals surface area contributed by atoms with Crippen LogP contribution in [0.15, 0.2) is 73.3 Å². The van der Waals surface area contributed by atoms with E-state index >= 15 is 0 Å². The summed E-state index contributed by atoms with van der Waals surface area (Å²) in [6.07, 6.45) is 3.54. The maximum atomic E-state index is 6.78. The summed E-state index contributed by atoms with van der Waals surface area (Å²) in [5, 5.41) is 0. The Labute approximate surface area is 133 Å². The van der Waals surface area contributed by atoms with E-state index < -0.39 is 11.1 Å². The minimum atomic E-state index is -0.696. The SMILES string of the molecule is C=CCCC(C)(N)C(OC)(c1ccccc1)c1ccccc1. The summed E-state index contributed by atoms with van der Waals surface area (Å²) in [6, 6.07) is 20.4. The van der Waals surface area contributed by atoms with Gasteiger partial charge in [0.2, 0.25) is 0 Å². The molecule has 2 aromatic rings. The second-order valence-electron chi connectivity index (χ2n) is 5.86. The van der Waals surface area contributed by atoms with Gasteiger partial charge in [-0.3, -0.25) is 0 Å². The number of nitrogens with two attached hydrogens (primary N) is 1. The van der Waals surface area contributed by atoms with Gasteiger partial charge in [0.15, 0.2) is 0 Å². The summed E-state index contributed by atoms with van der Waals surface area (Å²) < 4.78 is 6.11. The van der Waals surface area contributed by atoms with Crippen LogP contribution >= 0.6 is 0 Å². The van der Waals surface area contributed by atoms with Gasteiger partial charge < -0.3 is 10.5 Å². The third-order valence-corrected chi connectivity index (χ3v) is 4.34. The van der Waals surface area contributed by atoms with Crippen LogP contribution in [0.4, 0.5) is 0 Å². The van der Waals surface area contributed by atoms with Crippen LogP contribution in [0.1, 0.15) is 30.9 Å². The van der Waals surface area contributed by atoms with Gasteiger partial charge in [-0.05, 0) is 30.9 Å². The molecule has 0 radical (unpaired) electrons. The predicted molar refractivity (Wildman–Crippen MR) is 92.7 cm³/mol. The zero-order valence-electron chi connectivity index (χ0n) is 13.5. The standard InChI is InChI=1S/C20H25NO/c1-4-5-16-19(2,21)20(22-3,17-12-8-6-9-13-17)18-14-10-7-11-15-18/h4,6-15H,1,5,16,21H2,2-3H3. The largest absolute Gasteiger partial charge is 0.367 e. The molecule has 0 spiro atoms. The van der Waals surface area contributed by atoms with Gasteiger partial charge >= 0.3 is 0 Å². The molecule has 116 valence electrons. The average Bonchev–Trinajstić information content (AvgIpc) is 2.56. The van der Waals surface area contributed by atoms with Gasteiger partial charge in [0.1, 0.15) is 5.60 Å². The highest BCUT2D eigenvalue weighted by Gasteiger charge is 2.48. The van der Waals surface area contributed by atoms with Crippen LogP contribution in [-0.2, 0) is 10.3 Å². The quantitative estimate of drug-likeness (QED) is 0.775. The summed E-state index contributed by atoms with van der Waals surface area (Å²) >= 11 is 0. The number of benzene rings is 2. The third kappa shape index (κ3) is 2.85. The number of methoxy groups -OCH3 is 1. The van der Waals surface area contributed by atoms with Gasteiger partial charge in [-0.2, -0.15) is 0 Å². The minimum absolute atomic E-state index is 0.571. The van der Waals surface area contributed by atoms with Crippen molar-refractivity contribution in [2.45, 2.75) is 30.9 Å². The van der Waals surface area contributed by atoms with Crippen molar-refractivity contribution < 1.29 is 4.74 Å². The fourth-order valence-electron chi connectivity index (χ4n) is 3.22. The molecule has 0 aliphatic heterocycles. The van der Waals surface area contributed by atoms with Crippen LogP contribution < -0.4 is 5.73 Å². The lowest BCUT2D eigenvalue weighted by atomic mass is 9.70. The molecule has 2 nitrogen and oxygen atoms in total. The molecule has 2 N–H and O–H groups in total. The van der Waals surface area contributed by atoms with Gasteiger partial charge in [-0.1, -0.05) is 66.7 Å². The van der Waals surface area contributed by atoms with E-state index in [2.05, 4.69) is 37.8 Å². The number of rotatable bonds is 7. The fraction of sp³-hybridized carbons (Fsp3) is 0.300. The van der Waals surface area contributed by atoms with E-state index in [4.69, 9.17) is 10.5 Å². The Hall–Kier alpha value is -1.90. The Morgan fingerprint density at radius 1 is 1.00 bits per heavy atom. The number of allylic oxidation sites excluding steroid dienone is 1. The monoisotopic (exact) mass is 295 g/mol. The Bertz CT molecular complexity index is 550. The molecule has 0 aliphatic carbocycles. The van der Waals surface area contributed by atoms with Gasteiger partial charge in [0, 0.05) is 7.11 Å². The smallest absolute Gasteiger partial charge is 0.135 e. The molecule has 1 unspecified atom stereocenters. The first kappa shape index (κ1) is 16.5. The first-order valence-corrected chi connectivity index (χ1v) is 7.64. The molecule has 0 saturated carbocycles. The second kappa shape index (κ2) is 6.91. The van der Waals surface area contributed by atoms with E-state index in [1.54, 1.807) is 7.11 Å². The van der Waals surface area contributed by atoms with E-state index in [-0.39, 0.29) is 0 Å². The van der Waals surface area contributed by atoms with Gasteiger partial charge in [-0.25, -0.2) is 0 Å². The molecular weight excluding hydrogens is 270 g/mol. The fourth-order valence-corrected chi connectivity index (χ4v) is 3.22. The van der Waals surface area contributed by atoms with Crippen molar-refractivity contribution in [3.63, 3.8) is 0 Å². The molecule has 2 heteroatoms. The number of ether oxygens (including phenoxy) is 1. The maximum absolute atomic E-state index is 6.78. The van der Waals surface area contributed by atoms with E-state index in [1.807, 2.05) is 42.5 Å². The first-order valence-electron chi connectivity index (χ1n) is 7.64. The van der Waals surface area contributed by atoms with Crippen LogP contribution in [0.5, 0.6) is 0 Å². The molecule has 0 saturated heterocycles. The molecule has 0 amide bonds. The topological polar surface area (TPSA) is 35.2 Å². The van der Waals surface area contributed by atoms with E-state index in [0.29, 0.717) is 0 Å². The molecule has 0 bridgehead atoms. The lowest BCUT2D eigenvalue weighted by Gasteiger charge is -2.46. The van der Waals surface area contributed by atoms with Crippen LogP contribution in [-0.4, -0.2) is 12.6 Å². The van der Waals surface area contributed by atoms with Crippen molar-refractivity contribution in [2.75, 3.05) is 7.11 Å². The zero-order valence-corrected chi connectivity index (χ0v) is 13.5. The lowest BCUT2D eigenvalue weighted by Crippen LogP contribution is -2.58. The number of hydrogen-bond donors (Lipinski definition) is 1. The summed E-state index contributed by atoms with van der Waals surface area (Å²) in [6.45, 7) is 5.88. The van der Waals surface area contributed by atoms with Crippen LogP contribution in [0.25, 0.3) is 0 Å². The van der Waals surface area contributed by atoms with Gasteiger partial charge in [-0.15, -0.1) is 6.58 Å². The van der Waals surface area contributed by atoms with Gasteiger partial charge in [0.05, 0.1) is 5.54 Å². The van der Waals surface area contributed by atoms with Crippen molar-refractivity contribution in [1.82, 2.24) is 0 Å². The summed E-state index contributed by atoms with van der Waals surface area (Å²) in [5.41, 5.74) is 7.65. The summed E-state index contributed by atoms with van der Waals surface area (Å²) in [7, 11) is 1.74. The maximum Gasteiger partial charge on any atom is 0.135 e. The lowest BCUT2D eigenvalue weighted by molar-refractivity contribution is -0.0412.